The third-order valence-electron chi connectivity index (χ3n) is 4.65. The van der Waals surface area contributed by atoms with Gasteiger partial charge in [0.15, 0.2) is 12.4 Å². The van der Waals surface area contributed by atoms with E-state index in [9.17, 15) is 14.4 Å². The van der Waals surface area contributed by atoms with Crippen LogP contribution in [0, 0.1) is 0 Å². The largest absolute Gasteiger partial charge is 0.459 e. The van der Waals surface area contributed by atoms with Crippen LogP contribution >= 0.6 is 0 Å². The number of hydrogen-bond donors (Lipinski definition) is 1. The lowest BCUT2D eigenvalue weighted by atomic mass is 10.1. The second-order valence-electron chi connectivity index (χ2n) is 6.76. The molecule has 3 aromatic rings. The smallest absolute Gasteiger partial charge is 0.338 e. The Morgan fingerprint density at radius 3 is 2.48 bits per heavy atom. The molecule has 1 aliphatic rings. The summed E-state index contributed by atoms with van der Waals surface area (Å²) in [6.45, 7) is 0.0477. The Morgan fingerprint density at radius 2 is 1.77 bits per heavy atom. The zero-order valence-electron chi connectivity index (χ0n) is 16.5. The van der Waals surface area contributed by atoms with Crippen LogP contribution in [0.25, 0.3) is 0 Å². The lowest BCUT2D eigenvalue weighted by Gasteiger charge is -2.11. The summed E-state index contributed by atoms with van der Waals surface area (Å²) < 4.78 is 10.1. The van der Waals surface area contributed by atoms with Gasteiger partial charge < -0.3 is 14.5 Å². The third-order valence-corrected chi connectivity index (χ3v) is 4.65. The number of nitrogens with one attached hydrogen (secondary N) is 1. The van der Waals surface area contributed by atoms with Gasteiger partial charge in [-0.05, 0) is 42.0 Å². The van der Waals surface area contributed by atoms with E-state index in [4.69, 9.17) is 9.15 Å². The Morgan fingerprint density at radius 1 is 1.00 bits per heavy atom. The van der Waals surface area contributed by atoms with Crippen molar-refractivity contribution in [2.24, 2.45) is 5.10 Å². The maximum Gasteiger partial charge on any atom is 0.338 e. The maximum absolute atomic E-state index is 12.3. The number of amides is 2. The summed E-state index contributed by atoms with van der Waals surface area (Å²) >= 11 is 0. The van der Waals surface area contributed by atoms with Crippen molar-refractivity contribution in [2.45, 2.75) is 6.42 Å². The number of benzene rings is 2. The van der Waals surface area contributed by atoms with E-state index in [1.807, 2.05) is 30.3 Å². The molecule has 0 spiro atoms. The van der Waals surface area contributed by atoms with E-state index < -0.39 is 18.5 Å². The van der Waals surface area contributed by atoms with Crippen molar-refractivity contribution in [3.63, 3.8) is 0 Å². The van der Waals surface area contributed by atoms with Gasteiger partial charge in [-0.3, -0.25) is 9.59 Å². The first-order chi connectivity index (χ1) is 15.1. The molecule has 2 aromatic carbocycles. The number of ether oxygens (including phenoxy) is 1. The molecule has 0 fully saturated rings. The fourth-order valence-corrected chi connectivity index (χ4v) is 3.05. The molecule has 4 rings (SSSR count). The van der Waals surface area contributed by atoms with Gasteiger partial charge in [0.05, 0.1) is 24.1 Å². The van der Waals surface area contributed by atoms with Crippen molar-refractivity contribution in [3.8, 4) is 0 Å². The van der Waals surface area contributed by atoms with Crippen LogP contribution in [-0.2, 0) is 9.53 Å². The van der Waals surface area contributed by atoms with Gasteiger partial charge in [-0.1, -0.05) is 30.3 Å². The summed E-state index contributed by atoms with van der Waals surface area (Å²) in [5.41, 5.74) is 2.55. The minimum Gasteiger partial charge on any atom is -0.459 e. The minimum atomic E-state index is -0.635. The molecule has 2 heterocycles. The molecular formula is C23H19N3O5. The second-order valence-corrected chi connectivity index (χ2v) is 6.76. The number of carbonyl (C=O) groups is 3. The van der Waals surface area contributed by atoms with Gasteiger partial charge in [0, 0.05) is 12.1 Å². The van der Waals surface area contributed by atoms with Crippen molar-refractivity contribution < 1.29 is 23.5 Å². The first kappa shape index (κ1) is 20.1. The second kappa shape index (κ2) is 9.08. The van der Waals surface area contributed by atoms with E-state index in [-0.39, 0.29) is 17.2 Å². The number of nitrogens with zero attached hydrogens (tertiary/aromatic N) is 2. The number of esters is 1. The molecular weight excluding hydrogens is 398 g/mol. The van der Waals surface area contributed by atoms with Crippen LogP contribution in [0.4, 0.5) is 5.69 Å². The van der Waals surface area contributed by atoms with Crippen LogP contribution < -0.4 is 5.32 Å². The van der Waals surface area contributed by atoms with E-state index >= 15 is 0 Å². The van der Waals surface area contributed by atoms with Gasteiger partial charge in [0.25, 0.3) is 11.8 Å². The topological polar surface area (TPSA) is 101 Å². The number of hydrazone groups is 1. The van der Waals surface area contributed by atoms with Gasteiger partial charge in [0.1, 0.15) is 0 Å². The SMILES string of the molecule is O=C(OCC(=O)N1CCC(c2ccccc2)=N1)c1ccc(NC(=O)c2ccco2)cc1. The Kier molecular flexibility index (Phi) is 5.89. The van der Waals surface area contributed by atoms with Crippen LogP contribution in [0.5, 0.6) is 0 Å². The predicted molar refractivity (Wildman–Crippen MR) is 113 cm³/mol. The summed E-state index contributed by atoms with van der Waals surface area (Å²) in [6, 6.07) is 18.9. The van der Waals surface area contributed by atoms with E-state index in [0.29, 0.717) is 18.7 Å². The molecule has 0 bridgehead atoms. The Hall–Kier alpha value is -4.20. The van der Waals surface area contributed by atoms with Crippen molar-refractivity contribution in [1.29, 1.82) is 0 Å². The fourth-order valence-electron chi connectivity index (χ4n) is 3.05. The molecule has 8 heteroatoms. The zero-order chi connectivity index (χ0) is 21.6. The highest BCUT2D eigenvalue weighted by Crippen LogP contribution is 2.15. The first-order valence-corrected chi connectivity index (χ1v) is 9.65. The van der Waals surface area contributed by atoms with E-state index in [1.165, 1.54) is 23.4 Å². The summed E-state index contributed by atoms with van der Waals surface area (Å²) in [6.07, 6.45) is 2.06. The number of carbonyl (C=O) groups excluding carboxylic acids is 3. The first-order valence-electron chi connectivity index (χ1n) is 9.65. The van der Waals surface area contributed by atoms with Crippen LogP contribution in [-0.4, -0.2) is 41.7 Å². The molecule has 156 valence electrons. The molecule has 0 radical (unpaired) electrons. The lowest BCUT2D eigenvalue weighted by molar-refractivity contribution is -0.134. The molecule has 0 saturated heterocycles. The summed E-state index contributed by atoms with van der Waals surface area (Å²) in [5.74, 6) is -1.24. The average Bonchev–Trinajstić information content (AvgIpc) is 3.51. The highest BCUT2D eigenvalue weighted by atomic mass is 16.5. The number of anilines is 1. The highest BCUT2D eigenvalue weighted by Gasteiger charge is 2.22. The van der Waals surface area contributed by atoms with Gasteiger partial charge in [0.2, 0.25) is 0 Å². The maximum atomic E-state index is 12.3. The van der Waals surface area contributed by atoms with Gasteiger partial charge in [-0.15, -0.1) is 0 Å². The minimum absolute atomic E-state index is 0.182. The van der Waals surface area contributed by atoms with Gasteiger partial charge >= 0.3 is 5.97 Å². The average molecular weight is 417 g/mol. The monoisotopic (exact) mass is 417 g/mol. The molecule has 0 unspecified atom stereocenters. The Balaban J connectivity index is 1.29. The zero-order valence-corrected chi connectivity index (χ0v) is 16.5. The number of hydrogen-bond acceptors (Lipinski definition) is 6. The van der Waals surface area contributed by atoms with E-state index in [1.54, 1.807) is 24.3 Å². The molecule has 8 nitrogen and oxygen atoms in total. The molecule has 0 saturated carbocycles. The molecule has 31 heavy (non-hydrogen) atoms. The molecule has 0 aliphatic carbocycles. The predicted octanol–water partition coefficient (Wildman–Crippen LogP) is 3.33. The summed E-state index contributed by atoms with van der Waals surface area (Å²) in [5, 5.41) is 8.31. The van der Waals surface area contributed by atoms with Crippen molar-refractivity contribution in [3.05, 3.63) is 89.9 Å². The van der Waals surface area contributed by atoms with Crippen molar-refractivity contribution >= 4 is 29.2 Å². The van der Waals surface area contributed by atoms with Gasteiger partial charge in [-0.25, -0.2) is 9.80 Å². The van der Waals surface area contributed by atoms with Crippen LogP contribution in [0.15, 0.2) is 82.5 Å². The third kappa shape index (κ3) is 4.87. The van der Waals surface area contributed by atoms with Crippen LogP contribution in [0.3, 0.4) is 0 Å². The normalized spacial score (nSPS) is 12.9. The van der Waals surface area contributed by atoms with Gasteiger partial charge in [-0.2, -0.15) is 5.10 Å². The van der Waals surface area contributed by atoms with E-state index in [0.717, 1.165) is 11.3 Å². The number of furan rings is 1. The molecule has 0 atom stereocenters. The number of rotatable bonds is 6. The molecule has 1 aliphatic heterocycles. The molecule has 2 amide bonds. The molecule has 1 aromatic heterocycles. The lowest BCUT2D eigenvalue weighted by Crippen LogP contribution is -2.28. The highest BCUT2D eigenvalue weighted by molar-refractivity contribution is 6.03. The standard InChI is InChI=1S/C23H19N3O5/c27-21(26-13-12-19(25-26)16-5-2-1-3-6-16)15-31-23(29)17-8-10-18(11-9-17)24-22(28)20-7-4-14-30-20/h1-11,14H,12-13,15H2,(H,24,28). The summed E-state index contributed by atoms with van der Waals surface area (Å²) in [7, 11) is 0. The summed E-state index contributed by atoms with van der Waals surface area (Å²) in [4.78, 5) is 36.5. The van der Waals surface area contributed by atoms with Crippen LogP contribution in [0.1, 0.15) is 32.9 Å². The quantitative estimate of drug-likeness (QED) is 0.620. The Labute approximate surface area is 178 Å². The fraction of sp³-hybridized carbons (Fsp3) is 0.130. The van der Waals surface area contributed by atoms with E-state index in [2.05, 4.69) is 10.4 Å². The Bertz CT molecular complexity index is 1110. The van der Waals surface area contributed by atoms with Crippen LogP contribution in [0.2, 0.25) is 0 Å². The molecule has 1 N–H and O–H groups in total. The van der Waals surface area contributed by atoms with Crippen molar-refractivity contribution in [2.75, 3.05) is 18.5 Å². The van der Waals surface area contributed by atoms with Crippen molar-refractivity contribution in [1.82, 2.24) is 5.01 Å².